The summed E-state index contributed by atoms with van der Waals surface area (Å²) < 4.78 is 24.9. The molecule has 110 valence electrons. The molecule has 0 heterocycles. The second-order valence-electron chi connectivity index (χ2n) is 4.53. The minimum atomic E-state index is -3.58. The van der Waals surface area contributed by atoms with Gasteiger partial charge in [0, 0.05) is 15.1 Å². The molecule has 3 nitrogen and oxygen atoms in total. The molecule has 0 atom stereocenters. The topological polar surface area (TPSA) is 51.2 Å². The SMILES string of the molecule is O=C(CS(=O)(=O)Cc1ccccc1Cl)c1ccccc1Br. The van der Waals surface area contributed by atoms with E-state index in [9.17, 15) is 13.2 Å². The van der Waals surface area contributed by atoms with E-state index in [1.54, 1.807) is 48.5 Å². The van der Waals surface area contributed by atoms with E-state index in [1.807, 2.05) is 0 Å². The first kappa shape index (κ1) is 16.2. The lowest BCUT2D eigenvalue weighted by Gasteiger charge is -2.07. The molecule has 0 aliphatic carbocycles. The minimum Gasteiger partial charge on any atom is -0.293 e. The van der Waals surface area contributed by atoms with Gasteiger partial charge in [0.15, 0.2) is 15.6 Å². The Morgan fingerprint density at radius 1 is 1.05 bits per heavy atom. The van der Waals surface area contributed by atoms with E-state index < -0.39 is 21.4 Å². The average Bonchev–Trinajstić information content (AvgIpc) is 2.41. The fourth-order valence-corrected chi connectivity index (χ4v) is 4.04. The van der Waals surface area contributed by atoms with Crippen LogP contribution in [0.5, 0.6) is 0 Å². The van der Waals surface area contributed by atoms with Gasteiger partial charge in [-0.15, -0.1) is 0 Å². The summed E-state index contributed by atoms with van der Waals surface area (Å²) in [6.07, 6.45) is 0. The van der Waals surface area contributed by atoms with Crippen molar-refractivity contribution in [3.63, 3.8) is 0 Å². The maximum Gasteiger partial charge on any atom is 0.179 e. The van der Waals surface area contributed by atoms with E-state index >= 15 is 0 Å². The second-order valence-corrected chi connectivity index (χ2v) is 7.85. The Kier molecular flexibility index (Phi) is 5.19. The van der Waals surface area contributed by atoms with Crippen LogP contribution in [0.4, 0.5) is 0 Å². The number of Topliss-reactive ketones (excluding diaryl/α,β-unsaturated/α-hetero) is 1. The highest BCUT2D eigenvalue weighted by molar-refractivity contribution is 9.10. The van der Waals surface area contributed by atoms with Crippen molar-refractivity contribution in [1.82, 2.24) is 0 Å². The molecule has 0 aromatic heterocycles. The van der Waals surface area contributed by atoms with Crippen LogP contribution in [0.25, 0.3) is 0 Å². The van der Waals surface area contributed by atoms with Crippen LogP contribution >= 0.6 is 27.5 Å². The van der Waals surface area contributed by atoms with Crippen molar-refractivity contribution in [2.45, 2.75) is 5.75 Å². The van der Waals surface area contributed by atoms with Gasteiger partial charge in [-0.2, -0.15) is 0 Å². The molecule has 0 fully saturated rings. The first-order valence-electron chi connectivity index (χ1n) is 6.10. The van der Waals surface area contributed by atoms with Gasteiger partial charge in [-0.05, 0) is 17.7 Å². The molecule has 0 amide bonds. The largest absolute Gasteiger partial charge is 0.293 e. The van der Waals surface area contributed by atoms with Crippen molar-refractivity contribution in [3.8, 4) is 0 Å². The highest BCUT2D eigenvalue weighted by Crippen LogP contribution is 2.20. The molecule has 0 aliphatic rings. The van der Waals surface area contributed by atoms with E-state index in [0.29, 0.717) is 20.6 Å². The number of carbonyl (C=O) groups is 1. The zero-order valence-corrected chi connectivity index (χ0v) is 14.1. The molecule has 2 aromatic rings. The second kappa shape index (κ2) is 6.73. The lowest BCUT2D eigenvalue weighted by molar-refractivity contribution is 0.102. The Morgan fingerprint density at radius 2 is 1.67 bits per heavy atom. The number of halogens is 2. The zero-order valence-electron chi connectivity index (χ0n) is 10.9. The summed E-state index contributed by atoms with van der Waals surface area (Å²) in [7, 11) is -3.58. The third-order valence-electron chi connectivity index (χ3n) is 2.86. The van der Waals surface area contributed by atoms with Gasteiger partial charge in [0.05, 0.1) is 5.75 Å². The molecular weight excluding hydrogens is 376 g/mol. The number of hydrogen-bond donors (Lipinski definition) is 0. The number of hydrogen-bond acceptors (Lipinski definition) is 3. The predicted octanol–water partition coefficient (Wildman–Crippen LogP) is 3.90. The molecule has 0 aliphatic heterocycles. The van der Waals surface area contributed by atoms with Crippen molar-refractivity contribution < 1.29 is 13.2 Å². The quantitative estimate of drug-likeness (QED) is 0.731. The summed E-state index contributed by atoms with van der Waals surface area (Å²) in [5, 5.41) is 0.384. The molecular formula is C15H12BrClO3S. The molecule has 0 bridgehead atoms. The van der Waals surface area contributed by atoms with Crippen LogP contribution in [-0.4, -0.2) is 20.0 Å². The predicted molar refractivity (Wildman–Crippen MR) is 87.4 cm³/mol. The third kappa shape index (κ3) is 4.40. The van der Waals surface area contributed by atoms with Crippen molar-refractivity contribution in [2.75, 3.05) is 5.75 Å². The molecule has 2 rings (SSSR count). The smallest absolute Gasteiger partial charge is 0.179 e. The summed E-state index contributed by atoms with van der Waals surface area (Å²) in [5.74, 6) is -1.22. The number of ketones is 1. The first-order chi connectivity index (χ1) is 9.89. The van der Waals surface area contributed by atoms with Gasteiger partial charge in [-0.25, -0.2) is 8.42 Å². The fourth-order valence-electron chi connectivity index (χ4n) is 1.87. The molecule has 6 heteroatoms. The number of rotatable bonds is 5. The van der Waals surface area contributed by atoms with Crippen LogP contribution < -0.4 is 0 Å². The van der Waals surface area contributed by atoms with Crippen LogP contribution in [0.15, 0.2) is 53.0 Å². The minimum absolute atomic E-state index is 0.247. The molecule has 0 radical (unpaired) electrons. The Balaban J connectivity index is 2.17. The lowest BCUT2D eigenvalue weighted by atomic mass is 10.1. The van der Waals surface area contributed by atoms with Crippen LogP contribution in [0.3, 0.4) is 0 Å². The average molecular weight is 388 g/mol. The molecule has 0 saturated heterocycles. The van der Waals surface area contributed by atoms with Crippen LogP contribution in [0.2, 0.25) is 5.02 Å². The number of sulfone groups is 1. The van der Waals surface area contributed by atoms with Crippen molar-refractivity contribution in [2.24, 2.45) is 0 Å². The maximum absolute atomic E-state index is 12.2. The molecule has 0 saturated carbocycles. The van der Waals surface area contributed by atoms with E-state index in [1.165, 1.54) is 0 Å². The normalized spacial score (nSPS) is 11.3. The van der Waals surface area contributed by atoms with Crippen LogP contribution in [0, 0.1) is 0 Å². The Morgan fingerprint density at radius 3 is 2.33 bits per heavy atom. The first-order valence-corrected chi connectivity index (χ1v) is 9.10. The Labute approximate surface area is 137 Å². The van der Waals surface area contributed by atoms with E-state index in [2.05, 4.69) is 15.9 Å². The molecule has 21 heavy (non-hydrogen) atoms. The maximum atomic E-state index is 12.2. The van der Waals surface area contributed by atoms with Crippen molar-refractivity contribution in [3.05, 3.63) is 69.2 Å². The molecule has 0 spiro atoms. The van der Waals surface area contributed by atoms with Crippen molar-refractivity contribution >= 4 is 43.2 Å². The van der Waals surface area contributed by atoms with Gasteiger partial charge >= 0.3 is 0 Å². The van der Waals surface area contributed by atoms with Gasteiger partial charge in [0.25, 0.3) is 0 Å². The van der Waals surface area contributed by atoms with E-state index in [0.717, 1.165) is 0 Å². The highest BCUT2D eigenvalue weighted by Gasteiger charge is 2.21. The van der Waals surface area contributed by atoms with E-state index in [4.69, 9.17) is 11.6 Å². The van der Waals surface area contributed by atoms with Gasteiger partial charge in [0.1, 0.15) is 5.75 Å². The van der Waals surface area contributed by atoms with Gasteiger partial charge in [-0.3, -0.25) is 4.79 Å². The molecule has 0 N–H and O–H groups in total. The summed E-state index contributed by atoms with van der Waals surface area (Å²) in [4.78, 5) is 12.1. The standard InChI is InChI=1S/C15H12BrClO3S/c16-13-7-3-2-6-12(13)15(18)10-21(19,20)9-11-5-1-4-8-14(11)17/h1-8H,9-10H2. The third-order valence-corrected chi connectivity index (χ3v) is 5.37. The Hall–Kier alpha value is -1.17. The Bertz CT molecular complexity index is 772. The summed E-state index contributed by atoms with van der Waals surface area (Å²) in [6, 6.07) is 13.5. The van der Waals surface area contributed by atoms with Crippen LogP contribution in [0.1, 0.15) is 15.9 Å². The lowest BCUT2D eigenvalue weighted by Crippen LogP contribution is -2.18. The van der Waals surface area contributed by atoms with Gasteiger partial charge in [0.2, 0.25) is 0 Å². The van der Waals surface area contributed by atoms with Crippen molar-refractivity contribution in [1.29, 1.82) is 0 Å². The fraction of sp³-hybridized carbons (Fsp3) is 0.133. The number of benzene rings is 2. The molecule has 2 aromatic carbocycles. The highest BCUT2D eigenvalue weighted by atomic mass is 79.9. The van der Waals surface area contributed by atoms with Crippen LogP contribution in [-0.2, 0) is 15.6 Å². The summed E-state index contributed by atoms with van der Waals surface area (Å²) in [6.45, 7) is 0. The summed E-state index contributed by atoms with van der Waals surface area (Å²) >= 11 is 9.20. The zero-order chi connectivity index (χ0) is 15.5. The van der Waals surface area contributed by atoms with Gasteiger partial charge < -0.3 is 0 Å². The molecule has 0 unspecified atom stereocenters. The number of carbonyl (C=O) groups excluding carboxylic acids is 1. The monoisotopic (exact) mass is 386 g/mol. The summed E-state index contributed by atoms with van der Waals surface area (Å²) in [5.41, 5.74) is 0.860. The van der Waals surface area contributed by atoms with E-state index in [-0.39, 0.29) is 5.75 Å². The van der Waals surface area contributed by atoms with Gasteiger partial charge in [-0.1, -0.05) is 63.9 Å².